The maximum Gasteiger partial charge on any atom is 0.343 e. The van der Waals surface area contributed by atoms with Crippen LogP contribution in [0.15, 0.2) is 66.0 Å². The lowest BCUT2D eigenvalue weighted by Gasteiger charge is -2.06. The zero-order valence-electron chi connectivity index (χ0n) is 16.8. The van der Waals surface area contributed by atoms with E-state index in [-0.39, 0.29) is 12.4 Å². The van der Waals surface area contributed by atoms with Crippen LogP contribution in [0.5, 0.6) is 5.75 Å². The highest BCUT2D eigenvalue weighted by molar-refractivity contribution is 7.13. The minimum atomic E-state index is -0.527. The van der Waals surface area contributed by atoms with Crippen molar-refractivity contribution in [3.05, 3.63) is 77.7 Å². The molecule has 4 aromatic rings. The first kappa shape index (κ1) is 21.2. The van der Waals surface area contributed by atoms with Gasteiger partial charge in [0.15, 0.2) is 12.4 Å². The molecule has 0 aliphatic heterocycles. The summed E-state index contributed by atoms with van der Waals surface area (Å²) in [7, 11) is 1.28. The minimum absolute atomic E-state index is 0.0660. The van der Waals surface area contributed by atoms with E-state index in [0.29, 0.717) is 22.9 Å². The van der Waals surface area contributed by atoms with Gasteiger partial charge in [-0.25, -0.2) is 18.9 Å². The molecule has 2 heterocycles. The van der Waals surface area contributed by atoms with E-state index in [0.717, 1.165) is 4.88 Å². The van der Waals surface area contributed by atoms with Crippen LogP contribution in [0.25, 0.3) is 16.4 Å². The minimum Gasteiger partial charge on any atom is -0.482 e. The van der Waals surface area contributed by atoms with Gasteiger partial charge in [0.25, 0.3) is 5.91 Å². The summed E-state index contributed by atoms with van der Waals surface area (Å²) in [4.78, 5) is 29.1. The lowest BCUT2D eigenvalue weighted by molar-refractivity contribution is -0.142. The number of benzene rings is 2. The average molecular weight is 452 g/mol. The van der Waals surface area contributed by atoms with E-state index in [1.165, 1.54) is 35.3 Å². The van der Waals surface area contributed by atoms with Crippen LogP contribution in [-0.2, 0) is 9.53 Å². The van der Waals surface area contributed by atoms with Crippen LogP contribution in [0.3, 0.4) is 0 Å². The largest absolute Gasteiger partial charge is 0.482 e. The number of aromatic nitrogens is 3. The zero-order valence-corrected chi connectivity index (χ0v) is 17.6. The highest BCUT2D eigenvalue weighted by Gasteiger charge is 2.20. The monoisotopic (exact) mass is 452 g/mol. The molecule has 1 N–H and O–H groups in total. The molecule has 10 heteroatoms. The Balaban J connectivity index is 1.55. The van der Waals surface area contributed by atoms with Crippen LogP contribution in [-0.4, -0.2) is 40.4 Å². The number of carbonyl (C=O) groups is 2. The van der Waals surface area contributed by atoms with Crippen molar-refractivity contribution in [1.29, 1.82) is 0 Å². The topological polar surface area (TPSA) is 95.3 Å². The fourth-order valence-corrected chi connectivity index (χ4v) is 3.48. The number of halogens is 1. The summed E-state index contributed by atoms with van der Waals surface area (Å²) in [6.45, 7) is -0.213. The van der Waals surface area contributed by atoms with Crippen LogP contribution in [0.2, 0.25) is 0 Å². The lowest BCUT2D eigenvalue weighted by Crippen LogP contribution is -2.14. The Hall–Kier alpha value is -4.05. The summed E-state index contributed by atoms with van der Waals surface area (Å²) in [5.74, 6) is -0.631. The summed E-state index contributed by atoms with van der Waals surface area (Å²) in [6, 6.07) is 16.0. The Kier molecular flexibility index (Phi) is 6.22. The molecular weight excluding hydrogens is 435 g/mol. The lowest BCUT2D eigenvalue weighted by atomic mass is 10.3. The van der Waals surface area contributed by atoms with Gasteiger partial charge >= 0.3 is 5.97 Å². The summed E-state index contributed by atoms with van der Waals surface area (Å²) >= 11 is 1.43. The summed E-state index contributed by atoms with van der Waals surface area (Å²) in [5, 5.41) is 8.90. The van der Waals surface area contributed by atoms with Gasteiger partial charge in [-0.1, -0.05) is 12.1 Å². The highest BCUT2D eigenvalue weighted by Crippen LogP contribution is 2.26. The second-order valence-electron chi connectivity index (χ2n) is 6.47. The molecule has 162 valence electrons. The van der Waals surface area contributed by atoms with Crippen molar-refractivity contribution < 1.29 is 23.5 Å². The van der Waals surface area contributed by atoms with E-state index in [2.05, 4.69) is 20.1 Å². The second kappa shape index (κ2) is 9.40. The van der Waals surface area contributed by atoms with Crippen LogP contribution < -0.4 is 10.1 Å². The van der Waals surface area contributed by atoms with Gasteiger partial charge in [-0.3, -0.25) is 4.79 Å². The van der Waals surface area contributed by atoms with Crippen molar-refractivity contribution in [3.63, 3.8) is 0 Å². The van der Waals surface area contributed by atoms with Crippen molar-refractivity contribution in [2.24, 2.45) is 0 Å². The number of esters is 1. The Bertz CT molecular complexity index is 1240. The number of anilines is 1. The van der Waals surface area contributed by atoms with Gasteiger partial charge in [0.05, 0.1) is 17.7 Å². The molecule has 0 atom stereocenters. The Morgan fingerprint density at radius 3 is 2.62 bits per heavy atom. The predicted octanol–water partition coefficient (Wildman–Crippen LogP) is 3.94. The van der Waals surface area contributed by atoms with Crippen LogP contribution >= 0.6 is 11.3 Å². The molecule has 0 fully saturated rings. The number of ether oxygens (including phenoxy) is 2. The van der Waals surface area contributed by atoms with Gasteiger partial charge in [0.2, 0.25) is 5.82 Å². The first-order chi connectivity index (χ1) is 15.5. The van der Waals surface area contributed by atoms with Gasteiger partial charge < -0.3 is 14.8 Å². The van der Waals surface area contributed by atoms with Gasteiger partial charge in [0, 0.05) is 5.69 Å². The van der Waals surface area contributed by atoms with Crippen LogP contribution in [0, 0.1) is 5.82 Å². The summed E-state index contributed by atoms with van der Waals surface area (Å²) in [6.07, 6.45) is 0. The normalized spacial score (nSPS) is 10.6. The highest BCUT2D eigenvalue weighted by atomic mass is 32.1. The fourth-order valence-electron chi connectivity index (χ4n) is 2.78. The van der Waals surface area contributed by atoms with Crippen LogP contribution in [0.1, 0.15) is 10.6 Å². The van der Waals surface area contributed by atoms with E-state index < -0.39 is 17.7 Å². The number of amides is 1. The molecule has 0 radical (unpaired) electrons. The van der Waals surface area contributed by atoms with Gasteiger partial charge in [0.1, 0.15) is 11.6 Å². The SMILES string of the molecule is COC(=O)COc1ccc(NC(=O)c2nc(-c3cccs3)n(-c3cccc(F)c3)n2)cc1. The van der Waals surface area contributed by atoms with Gasteiger partial charge in [-0.05, 0) is 53.9 Å². The standard InChI is InChI=1S/C22H17FN4O4S/c1-30-19(28)13-31-17-9-7-15(8-10-17)24-22(29)20-25-21(18-6-3-11-32-18)27(26-20)16-5-2-4-14(23)12-16/h2-12H,13H2,1H3,(H,24,29). The Morgan fingerprint density at radius 1 is 1.12 bits per heavy atom. The van der Waals surface area contributed by atoms with Crippen molar-refractivity contribution in [2.75, 3.05) is 19.0 Å². The molecule has 1 amide bonds. The third kappa shape index (κ3) is 4.81. The molecule has 0 saturated heterocycles. The third-order valence-electron chi connectivity index (χ3n) is 4.30. The first-order valence-corrected chi connectivity index (χ1v) is 10.3. The number of nitrogens with one attached hydrogen (secondary N) is 1. The molecule has 0 aliphatic rings. The third-order valence-corrected chi connectivity index (χ3v) is 5.17. The van der Waals surface area contributed by atoms with E-state index in [9.17, 15) is 14.0 Å². The van der Waals surface area contributed by atoms with Crippen molar-refractivity contribution >= 4 is 28.9 Å². The van der Waals surface area contributed by atoms with E-state index in [4.69, 9.17) is 4.74 Å². The fraction of sp³-hybridized carbons (Fsp3) is 0.0909. The molecule has 8 nitrogen and oxygen atoms in total. The van der Waals surface area contributed by atoms with Crippen molar-refractivity contribution in [2.45, 2.75) is 0 Å². The molecule has 0 saturated carbocycles. The summed E-state index contributed by atoms with van der Waals surface area (Å²) < 4.78 is 25.0. The van der Waals surface area contributed by atoms with Gasteiger partial charge in [-0.15, -0.1) is 16.4 Å². The zero-order chi connectivity index (χ0) is 22.5. The van der Waals surface area contributed by atoms with E-state index >= 15 is 0 Å². The average Bonchev–Trinajstić information content (AvgIpc) is 3.48. The molecule has 0 spiro atoms. The number of thiophene rings is 1. The maximum atomic E-state index is 13.8. The number of nitrogens with zero attached hydrogens (tertiary/aromatic N) is 3. The molecule has 2 aromatic carbocycles. The number of hydrogen-bond acceptors (Lipinski definition) is 7. The predicted molar refractivity (Wildman–Crippen MR) is 117 cm³/mol. The molecular formula is C22H17FN4O4S. The molecule has 2 aromatic heterocycles. The molecule has 4 rings (SSSR count). The first-order valence-electron chi connectivity index (χ1n) is 9.41. The number of hydrogen-bond donors (Lipinski definition) is 1. The smallest absolute Gasteiger partial charge is 0.343 e. The number of carbonyl (C=O) groups excluding carboxylic acids is 2. The Labute approximate surface area is 186 Å². The van der Waals surface area contributed by atoms with Crippen LogP contribution in [0.4, 0.5) is 10.1 Å². The summed E-state index contributed by atoms with van der Waals surface area (Å²) in [5.41, 5.74) is 0.937. The van der Waals surface area contributed by atoms with E-state index in [1.54, 1.807) is 36.4 Å². The molecule has 0 bridgehead atoms. The quantitative estimate of drug-likeness (QED) is 0.427. The molecule has 0 aliphatic carbocycles. The molecule has 32 heavy (non-hydrogen) atoms. The van der Waals surface area contributed by atoms with Crippen molar-refractivity contribution in [3.8, 4) is 22.1 Å². The van der Waals surface area contributed by atoms with Gasteiger partial charge in [-0.2, -0.15) is 0 Å². The second-order valence-corrected chi connectivity index (χ2v) is 7.42. The number of rotatable bonds is 7. The maximum absolute atomic E-state index is 13.8. The van der Waals surface area contributed by atoms with Crippen molar-refractivity contribution in [1.82, 2.24) is 14.8 Å². The van der Waals surface area contributed by atoms with E-state index in [1.807, 2.05) is 17.5 Å². The molecule has 0 unspecified atom stereocenters. The Morgan fingerprint density at radius 2 is 1.94 bits per heavy atom. The number of methoxy groups -OCH3 is 1.